The molecule has 4 nitrogen and oxygen atoms in total. The molecule has 0 atom stereocenters. The summed E-state index contributed by atoms with van der Waals surface area (Å²) in [6.45, 7) is 1.80. The molecule has 0 saturated heterocycles. The van der Waals surface area contributed by atoms with E-state index in [2.05, 4.69) is 9.97 Å². The highest BCUT2D eigenvalue weighted by molar-refractivity contribution is 7.90. The molecule has 3 rings (SSSR count). The van der Waals surface area contributed by atoms with E-state index in [0.717, 1.165) is 11.8 Å². The van der Waals surface area contributed by atoms with Crippen molar-refractivity contribution in [2.75, 3.05) is 6.26 Å². The Morgan fingerprint density at radius 3 is 2.57 bits per heavy atom. The Kier molecular flexibility index (Phi) is 3.06. The predicted molar refractivity (Wildman–Crippen MR) is 79.3 cm³/mol. The maximum absolute atomic E-state index is 13.5. The highest BCUT2D eigenvalue weighted by Gasteiger charge is 2.11. The monoisotopic (exact) mass is 304 g/mol. The molecule has 0 unspecified atom stereocenters. The zero-order valence-corrected chi connectivity index (χ0v) is 12.3. The first-order chi connectivity index (χ1) is 9.83. The van der Waals surface area contributed by atoms with Crippen LogP contribution in [0.1, 0.15) is 5.56 Å². The molecule has 0 aliphatic heterocycles. The van der Waals surface area contributed by atoms with Gasteiger partial charge in [-0.2, -0.15) is 0 Å². The summed E-state index contributed by atoms with van der Waals surface area (Å²) >= 11 is 0. The molecule has 0 saturated carbocycles. The number of H-pyrrole nitrogens is 1. The average Bonchev–Trinajstić information content (AvgIpc) is 2.79. The number of aromatic nitrogens is 2. The summed E-state index contributed by atoms with van der Waals surface area (Å²) in [6.07, 6.45) is 1.15. The molecule has 0 aliphatic carbocycles. The smallest absolute Gasteiger partial charge is 0.175 e. The molecule has 0 spiro atoms. The van der Waals surface area contributed by atoms with Crippen LogP contribution in [-0.2, 0) is 9.84 Å². The number of fused-ring (bicyclic) bond motifs is 1. The molecule has 0 bridgehead atoms. The molecule has 1 aromatic heterocycles. The fraction of sp³-hybridized carbons (Fsp3) is 0.133. The highest BCUT2D eigenvalue weighted by atomic mass is 32.2. The Balaban J connectivity index is 2.17. The number of sulfone groups is 1. The van der Waals surface area contributed by atoms with E-state index in [-0.39, 0.29) is 10.7 Å². The van der Waals surface area contributed by atoms with Gasteiger partial charge in [-0.15, -0.1) is 0 Å². The van der Waals surface area contributed by atoms with Crippen LogP contribution in [0, 0.1) is 12.7 Å². The number of nitrogens with zero attached hydrogens (tertiary/aromatic N) is 1. The number of nitrogens with one attached hydrogen (secondary N) is 1. The van der Waals surface area contributed by atoms with Crippen molar-refractivity contribution in [2.45, 2.75) is 11.8 Å². The Labute approximate surface area is 121 Å². The van der Waals surface area contributed by atoms with Gasteiger partial charge < -0.3 is 4.98 Å². The molecule has 1 N–H and O–H groups in total. The Bertz CT molecular complexity index is 925. The summed E-state index contributed by atoms with van der Waals surface area (Å²) in [7, 11) is -3.27. The van der Waals surface area contributed by atoms with Crippen molar-refractivity contribution in [3.63, 3.8) is 0 Å². The molecule has 1 heterocycles. The topological polar surface area (TPSA) is 62.8 Å². The van der Waals surface area contributed by atoms with Gasteiger partial charge in [-0.05, 0) is 48.9 Å². The average molecular weight is 304 g/mol. The van der Waals surface area contributed by atoms with Crippen molar-refractivity contribution < 1.29 is 12.8 Å². The molecule has 108 valence electrons. The largest absolute Gasteiger partial charge is 0.338 e. The third kappa shape index (κ3) is 2.67. The van der Waals surface area contributed by atoms with Gasteiger partial charge in [0.15, 0.2) is 9.84 Å². The second-order valence-corrected chi connectivity index (χ2v) is 7.07. The van der Waals surface area contributed by atoms with Crippen molar-refractivity contribution >= 4 is 20.9 Å². The van der Waals surface area contributed by atoms with Crippen LogP contribution < -0.4 is 0 Å². The van der Waals surface area contributed by atoms with Crippen LogP contribution in [0.5, 0.6) is 0 Å². The van der Waals surface area contributed by atoms with E-state index in [0.29, 0.717) is 22.4 Å². The lowest BCUT2D eigenvalue weighted by atomic mass is 10.1. The lowest BCUT2D eigenvalue weighted by Gasteiger charge is -1.99. The number of benzene rings is 2. The Morgan fingerprint density at radius 1 is 1.14 bits per heavy atom. The van der Waals surface area contributed by atoms with Crippen LogP contribution in [0.3, 0.4) is 0 Å². The van der Waals surface area contributed by atoms with Crippen molar-refractivity contribution in [1.82, 2.24) is 9.97 Å². The zero-order chi connectivity index (χ0) is 15.2. The fourth-order valence-corrected chi connectivity index (χ4v) is 2.88. The molecule has 2 aromatic carbocycles. The van der Waals surface area contributed by atoms with Crippen molar-refractivity contribution in [3.05, 3.63) is 47.8 Å². The van der Waals surface area contributed by atoms with Crippen LogP contribution in [0.25, 0.3) is 22.4 Å². The number of halogens is 1. The van der Waals surface area contributed by atoms with E-state index in [1.54, 1.807) is 13.0 Å². The minimum absolute atomic E-state index is 0.223. The van der Waals surface area contributed by atoms with Crippen molar-refractivity contribution in [3.8, 4) is 11.4 Å². The third-order valence-electron chi connectivity index (χ3n) is 3.20. The molecular weight excluding hydrogens is 291 g/mol. The SMILES string of the molecule is Cc1cc(F)cc(-c2nc3ccc(S(C)(=O)=O)cc3[nH]2)c1. The number of aromatic amines is 1. The molecule has 21 heavy (non-hydrogen) atoms. The standard InChI is InChI=1S/C15H13FN2O2S/c1-9-5-10(7-11(16)6-9)15-17-13-4-3-12(21(2,19)20)8-14(13)18-15/h3-8H,1-2H3,(H,17,18). The van der Waals surface area contributed by atoms with Gasteiger partial charge >= 0.3 is 0 Å². The van der Waals surface area contributed by atoms with Crippen LogP contribution in [-0.4, -0.2) is 24.6 Å². The van der Waals surface area contributed by atoms with Crippen molar-refractivity contribution in [2.24, 2.45) is 0 Å². The molecule has 0 radical (unpaired) electrons. The van der Waals surface area contributed by atoms with E-state index in [1.807, 2.05) is 6.07 Å². The van der Waals surface area contributed by atoms with Gasteiger partial charge in [0.1, 0.15) is 11.6 Å². The van der Waals surface area contributed by atoms with Crippen LogP contribution in [0.15, 0.2) is 41.3 Å². The lowest BCUT2D eigenvalue weighted by Crippen LogP contribution is -1.96. The number of rotatable bonds is 2. The summed E-state index contributed by atoms with van der Waals surface area (Å²) < 4.78 is 36.6. The maximum Gasteiger partial charge on any atom is 0.175 e. The summed E-state index contributed by atoms with van der Waals surface area (Å²) in [5.41, 5.74) is 2.67. The summed E-state index contributed by atoms with van der Waals surface area (Å²) in [5, 5.41) is 0. The normalized spacial score (nSPS) is 12.0. The van der Waals surface area contributed by atoms with Gasteiger partial charge in [-0.25, -0.2) is 17.8 Å². The van der Waals surface area contributed by atoms with Crippen LogP contribution in [0.2, 0.25) is 0 Å². The minimum atomic E-state index is -3.27. The number of aryl methyl sites for hydroxylation is 1. The van der Waals surface area contributed by atoms with Crippen LogP contribution >= 0.6 is 0 Å². The molecule has 0 fully saturated rings. The first-order valence-electron chi connectivity index (χ1n) is 6.30. The van der Waals surface area contributed by atoms with E-state index in [4.69, 9.17) is 0 Å². The first-order valence-corrected chi connectivity index (χ1v) is 8.19. The molecular formula is C15H13FN2O2S. The zero-order valence-electron chi connectivity index (χ0n) is 11.5. The van der Waals surface area contributed by atoms with Crippen LogP contribution in [0.4, 0.5) is 4.39 Å². The Morgan fingerprint density at radius 2 is 1.90 bits per heavy atom. The van der Waals surface area contributed by atoms with Gasteiger partial charge in [0.25, 0.3) is 0 Å². The molecule has 0 aliphatic rings. The van der Waals surface area contributed by atoms with Crippen molar-refractivity contribution in [1.29, 1.82) is 0 Å². The molecule has 0 amide bonds. The number of hydrogen-bond acceptors (Lipinski definition) is 3. The second-order valence-electron chi connectivity index (χ2n) is 5.05. The predicted octanol–water partition coefficient (Wildman–Crippen LogP) is 3.08. The van der Waals surface area contributed by atoms with E-state index in [1.165, 1.54) is 24.3 Å². The number of imidazole rings is 1. The third-order valence-corrected chi connectivity index (χ3v) is 4.31. The van der Waals surface area contributed by atoms with E-state index >= 15 is 0 Å². The van der Waals surface area contributed by atoms with E-state index < -0.39 is 9.84 Å². The highest BCUT2D eigenvalue weighted by Crippen LogP contribution is 2.24. The molecule has 6 heteroatoms. The van der Waals surface area contributed by atoms with Gasteiger partial charge in [-0.3, -0.25) is 0 Å². The van der Waals surface area contributed by atoms with E-state index in [9.17, 15) is 12.8 Å². The minimum Gasteiger partial charge on any atom is -0.338 e. The summed E-state index contributed by atoms with van der Waals surface area (Å²) in [4.78, 5) is 7.63. The fourth-order valence-electron chi connectivity index (χ4n) is 2.23. The maximum atomic E-state index is 13.5. The molecule has 3 aromatic rings. The summed E-state index contributed by atoms with van der Waals surface area (Å²) in [5.74, 6) is 0.181. The quantitative estimate of drug-likeness (QED) is 0.791. The van der Waals surface area contributed by atoms with Gasteiger partial charge in [-0.1, -0.05) is 0 Å². The lowest BCUT2D eigenvalue weighted by molar-refractivity contribution is 0.602. The van der Waals surface area contributed by atoms with Gasteiger partial charge in [0, 0.05) is 11.8 Å². The van der Waals surface area contributed by atoms with Gasteiger partial charge in [0.05, 0.1) is 15.9 Å². The second kappa shape index (κ2) is 4.66. The Hall–Kier alpha value is -2.21. The van der Waals surface area contributed by atoms with Gasteiger partial charge in [0.2, 0.25) is 0 Å². The number of hydrogen-bond donors (Lipinski definition) is 1. The summed E-state index contributed by atoms with van der Waals surface area (Å²) in [6, 6.07) is 9.33. The first kappa shape index (κ1) is 13.8.